The van der Waals surface area contributed by atoms with Gasteiger partial charge in [0.15, 0.2) is 0 Å². The van der Waals surface area contributed by atoms with E-state index in [1.807, 2.05) is 12.1 Å². The molecule has 0 radical (unpaired) electrons. The lowest BCUT2D eigenvalue weighted by atomic mass is 9.92. The number of rotatable bonds is 1. The van der Waals surface area contributed by atoms with Crippen molar-refractivity contribution in [2.45, 2.75) is 19.9 Å². The molecule has 2 rings (SSSR count). The first-order valence-electron chi connectivity index (χ1n) is 5.14. The average molecular weight is 205 g/mol. The van der Waals surface area contributed by atoms with Crippen molar-refractivity contribution in [3.05, 3.63) is 34.4 Å². The van der Waals surface area contributed by atoms with Gasteiger partial charge in [0.05, 0.1) is 12.7 Å². The lowest BCUT2D eigenvalue weighted by Crippen LogP contribution is -2.26. The molecule has 1 aromatic rings. The summed E-state index contributed by atoms with van der Waals surface area (Å²) in [5.74, 6) is -0.229. The quantitative estimate of drug-likeness (QED) is 0.705. The first-order valence-corrected chi connectivity index (χ1v) is 5.14. The fraction of sp³-hybridized carbons (Fsp3) is 0.417. The zero-order valence-electron chi connectivity index (χ0n) is 9.09. The zero-order chi connectivity index (χ0) is 10.8. The lowest BCUT2D eigenvalue weighted by Gasteiger charge is -2.21. The Morgan fingerprint density at radius 2 is 2.20 bits per heavy atom. The number of aryl methyl sites for hydroxylation is 1. The van der Waals surface area contributed by atoms with E-state index in [1.165, 1.54) is 18.2 Å². The molecule has 15 heavy (non-hydrogen) atoms. The van der Waals surface area contributed by atoms with Crippen molar-refractivity contribution >= 4 is 5.97 Å². The predicted octanol–water partition coefficient (Wildman–Crippen LogP) is 1.43. The standard InChI is InChI=1S/C12H15NO2/c1-8-3-4-10(12(14)15-2)9-5-6-13-7-11(8)9/h3-4,13H,5-7H2,1-2H3. The van der Waals surface area contributed by atoms with E-state index >= 15 is 0 Å². The largest absolute Gasteiger partial charge is 0.465 e. The number of esters is 1. The molecule has 1 heterocycles. The highest BCUT2D eigenvalue weighted by molar-refractivity contribution is 5.91. The highest BCUT2D eigenvalue weighted by Gasteiger charge is 2.19. The number of hydrogen-bond acceptors (Lipinski definition) is 3. The van der Waals surface area contributed by atoms with Gasteiger partial charge in [-0.25, -0.2) is 4.79 Å². The average Bonchev–Trinajstić information content (AvgIpc) is 2.29. The molecular weight excluding hydrogens is 190 g/mol. The first kappa shape index (κ1) is 10.2. The number of carbonyl (C=O) groups is 1. The molecule has 0 saturated carbocycles. The molecular formula is C12H15NO2. The van der Waals surface area contributed by atoms with Gasteiger partial charge in [-0.05, 0) is 42.6 Å². The molecule has 0 aromatic heterocycles. The fourth-order valence-electron chi connectivity index (χ4n) is 2.07. The molecule has 1 N–H and O–H groups in total. The van der Waals surface area contributed by atoms with E-state index in [-0.39, 0.29) is 5.97 Å². The van der Waals surface area contributed by atoms with Crippen molar-refractivity contribution in [2.75, 3.05) is 13.7 Å². The minimum atomic E-state index is -0.229. The SMILES string of the molecule is COC(=O)c1ccc(C)c2c1CCNC2. The Morgan fingerprint density at radius 3 is 2.93 bits per heavy atom. The molecule has 0 unspecified atom stereocenters. The second-order valence-corrected chi connectivity index (χ2v) is 3.81. The summed E-state index contributed by atoms with van der Waals surface area (Å²) in [6.07, 6.45) is 0.904. The zero-order valence-corrected chi connectivity index (χ0v) is 9.09. The normalized spacial score (nSPS) is 14.5. The van der Waals surface area contributed by atoms with E-state index in [1.54, 1.807) is 0 Å². The third-order valence-electron chi connectivity index (χ3n) is 2.92. The fourth-order valence-corrected chi connectivity index (χ4v) is 2.07. The molecule has 0 aliphatic carbocycles. The van der Waals surface area contributed by atoms with E-state index in [4.69, 9.17) is 4.74 Å². The monoisotopic (exact) mass is 205 g/mol. The summed E-state index contributed by atoms with van der Waals surface area (Å²) in [6.45, 7) is 3.86. The number of nitrogens with one attached hydrogen (secondary N) is 1. The maximum absolute atomic E-state index is 11.6. The summed E-state index contributed by atoms with van der Waals surface area (Å²) in [5, 5.41) is 3.31. The molecule has 0 fully saturated rings. The molecule has 0 atom stereocenters. The minimum absolute atomic E-state index is 0.229. The number of benzene rings is 1. The van der Waals surface area contributed by atoms with Crippen molar-refractivity contribution in [1.82, 2.24) is 5.32 Å². The maximum Gasteiger partial charge on any atom is 0.338 e. The van der Waals surface area contributed by atoms with Crippen LogP contribution in [0.3, 0.4) is 0 Å². The van der Waals surface area contributed by atoms with Crippen molar-refractivity contribution in [3.63, 3.8) is 0 Å². The topological polar surface area (TPSA) is 38.3 Å². The van der Waals surface area contributed by atoms with E-state index in [0.29, 0.717) is 0 Å². The van der Waals surface area contributed by atoms with Crippen LogP contribution in [0, 0.1) is 6.92 Å². The van der Waals surface area contributed by atoms with Gasteiger partial charge >= 0.3 is 5.97 Å². The Morgan fingerprint density at radius 1 is 1.40 bits per heavy atom. The first-order chi connectivity index (χ1) is 7.24. The number of ether oxygens (including phenoxy) is 1. The number of fused-ring (bicyclic) bond motifs is 1. The highest BCUT2D eigenvalue weighted by atomic mass is 16.5. The second-order valence-electron chi connectivity index (χ2n) is 3.81. The van der Waals surface area contributed by atoms with Crippen LogP contribution >= 0.6 is 0 Å². The Kier molecular flexibility index (Phi) is 2.73. The number of hydrogen-bond donors (Lipinski definition) is 1. The minimum Gasteiger partial charge on any atom is -0.465 e. The summed E-state index contributed by atoms with van der Waals surface area (Å²) in [4.78, 5) is 11.6. The summed E-state index contributed by atoms with van der Waals surface area (Å²) < 4.78 is 4.78. The van der Waals surface area contributed by atoms with Gasteiger partial charge in [-0.2, -0.15) is 0 Å². The van der Waals surface area contributed by atoms with Crippen molar-refractivity contribution in [1.29, 1.82) is 0 Å². The summed E-state index contributed by atoms with van der Waals surface area (Å²) >= 11 is 0. The number of methoxy groups -OCH3 is 1. The van der Waals surface area contributed by atoms with Crippen LogP contribution in [0.25, 0.3) is 0 Å². The van der Waals surface area contributed by atoms with Gasteiger partial charge in [0, 0.05) is 6.54 Å². The highest BCUT2D eigenvalue weighted by Crippen LogP contribution is 2.22. The molecule has 3 nitrogen and oxygen atoms in total. The van der Waals surface area contributed by atoms with E-state index < -0.39 is 0 Å². The van der Waals surface area contributed by atoms with Crippen LogP contribution in [0.4, 0.5) is 0 Å². The summed E-state index contributed by atoms with van der Waals surface area (Å²) in [5.41, 5.74) is 4.37. The molecule has 80 valence electrons. The summed E-state index contributed by atoms with van der Waals surface area (Å²) in [7, 11) is 1.43. The predicted molar refractivity (Wildman–Crippen MR) is 57.9 cm³/mol. The maximum atomic E-state index is 11.6. The van der Waals surface area contributed by atoms with Gasteiger partial charge < -0.3 is 10.1 Å². The van der Waals surface area contributed by atoms with Crippen LogP contribution in [0.1, 0.15) is 27.0 Å². The van der Waals surface area contributed by atoms with Crippen molar-refractivity contribution in [2.24, 2.45) is 0 Å². The third-order valence-corrected chi connectivity index (χ3v) is 2.92. The summed E-state index contributed by atoms with van der Waals surface area (Å²) in [6, 6.07) is 3.85. The van der Waals surface area contributed by atoms with Crippen LogP contribution in [-0.2, 0) is 17.7 Å². The molecule has 3 heteroatoms. The molecule has 0 amide bonds. The van der Waals surface area contributed by atoms with Crippen LogP contribution in [-0.4, -0.2) is 19.6 Å². The van der Waals surface area contributed by atoms with Crippen LogP contribution in [0.5, 0.6) is 0 Å². The van der Waals surface area contributed by atoms with Gasteiger partial charge in [0.1, 0.15) is 0 Å². The second kappa shape index (κ2) is 4.03. The van der Waals surface area contributed by atoms with Crippen LogP contribution < -0.4 is 5.32 Å². The Bertz CT molecular complexity index is 399. The van der Waals surface area contributed by atoms with Gasteiger partial charge in [0.25, 0.3) is 0 Å². The van der Waals surface area contributed by atoms with E-state index in [9.17, 15) is 4.79 Å². The Labute approximate surface area is 89.4 Å². The van der Waals surface area contributed by atoms with E-state index in [2.05, 4.69) is 12.2 Å². The smallest absolute Gasteiger partial charge is 0.338 e. The van der Waals surface area contributed by atoms with E-state index in [0.717, 1.165) is 30.6 Å². The van der Waals surface area contributed by atoms with Gasteiger partial charge in [-0.1, -0.05) is 6.07 Å². The van der Waals surface area contributed by atoms with Crippen LogP contribution in [0.2, 0.25) is 0 Å². The molecule has 0 bridgehead atoms. The molecule has 0 saturated heterocycles. The Balaban J connectivity index is 2.52. The Hall–Kier alpha value is -1.35. The van der Waals surface area contributed by atoms with Crippen molar-refractivity contribution in [3.8, 4) is 0 Å². The molecule has 1 aliphatic heterocycles. The lowest BCUT2D eigenvalue weighted by molar-refractivity contribution is 0.0599. The molecule has 1 aromatic carbocycles. The third kappa shape index (κ3) is 1.75. The molecule has 1 aliphatic rings. The van der Waals surface area contributed by atoms with Gasteiger partial charge in [0.2, 0.25) is 0 Å². The van der Waals surface area contributed by atoms with Crippen molar-refractivity contribution < 1.29 is 9.53 Å². The number of carbonyl (C=O) groups excluding carboxylic acids is 1. The van der Waals surface area contributed by atoms with Crippen LogP contribution in [0.15, 0.2) is 12.1 Å². The van der Waals surface area contributed by atoms with Gasteiger partial charge in [-0.15, -0.1) is 0 Å². The molecule has 0 spiro atoms. The van der Waals surface area contributed by atoms with Gasteiger partial charge in [-0.3, -0.25) is 0 Å².